The zero-order valence-corrected chi connectivity index (χ0v) is 13.7. The maximum atomic E-state index is 12.3. The smallest absolute Gasteiger partial charge is 0.410 e. The minimum Gasteiger partial charge on any atom is -0.480 e. The van der Waals surface area contributed by atoms with E-state index < -0.39 is 18.1 Å². The van der Waals surface area contributed by atoms with Crippen molar-refractivity contribution in [2.45, 2.75) is 83.1 Å². The van der Waals surface area contributed by atoms with Gasteiger partial charge >= 0.3 is 12.1 Å². The van der Waals surface area contributed by atoms with Gasteiger partial charge in [0.2, 0.25) is 0 Å². The molecule has 1 aliphatic heterocycles. The topological polar surface area (TPSA) is 76.1 Å². The molecule has 1 N–H and O–H groups in total. The van der Waals surface area contributed by atoms with E-state index in [2.05, 4.69) is 0 Å². The second kappa shape index (κ2) is 6.86. The average Bonchev–Trinajstić information content (AvgIpc) is 2.82. The summed E-state index contributed by atoms with van der Waals surface area (Å²) >= 11 is 0. The number of ether oxygens (including phenoxy) is 2. The highest BCUT2D eigenvalue weighted by molar-refractivity contribution is 5.81. The van der Waals surface area contributed by atoms with Crippen LogP contribution in [0.4, 0.5) is 4.79 Å². The lowest BCUT2D eigenvalue weighted by molar-refractivity contribution is -0.142. The summed E-state index contributed by atoms with van der Waals surface area (Å²) in [5.41, 5.74) is -0.364. The Balaban J connectivity index is 1.96. The van der Waals surface area contributed by atoms with Gasteiger partial charge in [0.15, 0.2) is 0 Å². The van der Waals surface area contributed by atoms with E-state index >= 15 is 0 Å². The molecule has 2 atom stereocenters. The first-order valence-electron chi connectivity index (χ1n) is 8.14. The fourth-order valence-electron chi connectivity index (χ4n) is 3.21. The third-order valence-electron chi connectivity index (χ3n) is 4.12. The Morgan fingerprint density at radius 1 is 1.09 bits per heavy atom. The summed E-state index contributed by atoms with van der Waals surface area (Å²) in [5.74, 6) is -0.999. The van der Waals surface area contributed by atoms with Crippen LogP contribution in [0.15, 0.2) is 0 Å². The van der Waals surface area contributed by atoms with E-state index in [1.807, 2.05) is 20.8 Å². The Hall–Kier alpha value is -1.30. The fourth-order valence-corrected chi connectivity index (χ4v) is 3.21. The molecule has 1 amide bonds. The first kappa shape index (κ1) is 17.1. The van der Waals surface area contributed by atoms with Crippen molar-refractivity contribution in [3.05, 3.63) is 0 Å². The Morgan fingerprint density at radius 3 is 2.27 bits per heavy atom. The summed E-state index contributed by atoms with van der Waals surface area (Å²) in [6.45, 7) is 6.04. The first-order valence-corrected chi connectivity index (χ1v) is 8.14. The molecule has 1 saturated heterocycles. The minimum absolute atomic E-state index is 0.0710. The van der Waals surface area contributed by atoms with E-state index in [4.69, 9.17) is 9.47 Å². The van der Waals surface area contributed by atoms with Gasteiger partial charge in [-0.05, 0) is 46.5 Å². The predicted molar refractivity (Wildman–Crippen MR) is 80.7 cm³/mol. The number of rotatable bonds is 3. The van der Waals surface area contributed by atoms with Gasteiger partial charge in [-0.2, -0.15) is 0 Å². The van der Waals surface area contributed by atoms with E-state index in [0.717, 1.165) is 25.7 Å². The molecule has 1 saturated carbocycles. The van der Waals surface area contributed by atoms with Crippen LogP contribution < -0.4 is 0 Å². The molecule has 1 aliphatic carbocycles. The van der Waals surface area contributed by atoms with Crippen molar-refractivity contribution in [2.24, 2.45) is 0 Å². The monoisotopic (exact) mass is 313 g/mol. The van der Waals surface area contributed by atoms with Gasteiger partial charge in [0.05, 0.1) is 18.2 Å². The maximum Gasteiger partial charge on any atom is 0.410 e. The van der Waals surface area contributed by atoms with Crippen LogP contribution in [0.1, 0.15) is 59.3 Å². The number of likely N-dealkylation sites (tertiary alicyclic amines) is 1. The van der Waals surface area contributed by atoms with Gasteiger partial charge in [-0.15, -0.1) is 0 Å². The molecule has 1 heterocycles. The summed E-state index contributed by atoms with van der Waals surface area (Å²) in [7, 11) is 0. The van der Waals surface area contributed by atoms with Crippen LogP contribution in [0, 0.1) is 0 Å². The Labute approximate surface area is 131 Å². The highest BCUT2D eigenvalue weighted by Gasteiger charge is 2.42. The fraction of sp³-hybridized carbons (Fsp3) is 0.875. The standard InChI is InChI=1S/C16H27NO5/c1-16(2,3)22-12-9-13(14(18)19)17(10-12)15(20)21-11-7-5-4-6-8-11/h11-13H,4-10H2,1-3H3,(H,18,19)/t12-,13+/m1/s1. The van der Waals surface area contributed by atoms with Crippen molar-refractivity contribution < 1.29 is 24.2 Å². The summed E-state index contributed by atoms with van der Waals surface area (Å²) in [4.78, 5) is 25.1. The van der Waals surface area contributed by atoms with Crippen LogP contribution in [0.3, 0.4) is 0 Å². The van der Waals surface area contributed by atoms with Crippen molar-refractivity contribution in [3.63, 3.8) is 0 Å². The van der Waals surface area contributed by atoms with Crippen molar-refractivity contribution in [2.75, 3.05) is 6.54 Å². The Morgan fingerprint density at radius 2 is 1.73 bits per heavy atom. The number of carboxylic acid groups (broad SMARTS) is 1. The number of aliphatic carboxylic acids is 1. The van der Waals surface area contributed by atoms with Gasteiger partial charge in [-0.3, -0.25) is 4.90 Å². The van der Waals surface area contributed by atoms with Crippen molar-refractivity contribution in [1.82, 2.24) is 4.90 Å². The van der Waals surface area contributed by atoms with Gasteiger partial charge in [0, 0.05) is 6.42 Å². The molecule has 0 spiro atoms. The van der Waals surface area contributed by atoms with Gasteiger partial charge in [-0.1, -0.05) is 6.42 Å². The molecule has 126 valence electrons. The zero-order chi connectivity index (χ0) is 16.3. The Kier molecular flexibility index (Phi) is 5.32. The third kappa shape index (κ3) is 4.60. The summed E-state index contributed by atoms with van der Waals surface area (Å²) < 4.78 is 11.3. The van der Waals surface area contributed by atoms with E-state index in [1.165, 1.54) is 11.3 Å². The number of nitrogens with zero attached hydrogens (tertiary/aromatic N) is 1. The molecule has 2 fully saturated rings. The summed E-state index contributed by atoms with van der Waals surface area (Å²) in [6, 6.07) is -0.858. The normalized spacial score (nSPS) is 27.0. The molecular formula is C16H27NO5. The molecule has 0 aromatic heterocycles. The van der Waals surface area contributed by atoms with E-state index in [0.29, 0.717) is 6.42 Å². The number of carbonyl (C=O) groups excluding carboxylic acids is 1. The third-order valence-corrected chi connectivity index (χ3v) is 4.12. The molecule has 0 unspecified atom stereocenters. The number of hydrogen-bond donors (Lipinski definition) is 1. The molecule has 22 heavy (non-hydrogen) atoms. The molecule has 6 nitrogen and oxygen atoms in total. The van der Waals surface area contributed by atoms with Crippen LogP contribution in [0.5, 0.6) is 0 Å². The highest BCUT2D eigenvalue weighted by atomic mass is 16.6. The number of carboxylic acids is 1. The van der Waals surface area contributed by atoms with Crippen LogP contribution in [0.2, 0.25) is 0 Å². The molecule has 6 heteroatoms. The molecule has 2 rings (SSSR count). The summed E-state index contributed by atoms with van der Waals surface area (Å²) in [6.07, 6.45) is 4.52. The lowest BCUT2D eigenvalue weighted by atomic mass is 9.98. The molecule has 0 aromatic carbocycles. The maximum absolute atomic E-state index is 12.3. The lowest BCUT2D eigenvalue weighted by Gasteiger charge is -2.27. The van der Waals surface area contributed by atoms with Crippen LogP contribution in [-0.4, -0.2) is 52.5 Å². The largest absolute Gasteiger partial charge is 0.480 e. The Bertz CT molecular complexity index is 411. The van der Waals surface area contributed by atoms with E-state index in [1.54, 1.807) is 0 Å². The zero-order valence-electron chi connectivity index (χ0n) is 13.7. The average molecular weight is 313 g/mol. The van der Waals surface area contributed by atoms with Crippen LogP contribution in [-0.2, 0) is 14.3 Å². The van der Waals surface area contributed by atoms with Gasteiger partial charge in [0.25, 0.3) is 0 Å². The minimum atomic E-state index is -0.999. The first-order chi connectivity index (χ1) is 10.3. The van der Waals surface area contributed by atoms with Crippen molar-refractivity contribution in [3.8, 4) is 0 Å². The predicted octanol–water partition coefficient (Wildman–Crippen LogP) is 2.80. The lowest BCUT2D eigenvalue weighted by Crippen LogP contribution is -2.42. The van der Waals surface area contributed by atoms with Crippen LogP contribution in [0.25, 0.3) is 0 Å². The van der Waals surface area contributed by atoms with Gasteiger partial charge < -0.3 is 14.6 Å². The molecule has 0 aromatic rings. The number of hydrogen-bond acceptors (Lipinski definition) is 4. The molecule has 0 radical (unpaired) electrons. The van der Waals surface area contributed by atoms with Gasteiger partial charge in [0.1, 0.15) is 12.1 Å². The van der Waals surface area contributed by atoms with Crippen molar-refractivity contribution in [1.29, 1.82) is 0 Å². The van der Waals surface area contributed by atoms with E-state index in [-0.39, 0.29) is 24.4 Å². The summed E-state index contributed by atoms with van der Waals surface area (Å²) in [5, 5.41) is 9.35. The van der Waals surface area contributed by atoms with Crippen molar-refractivity contribution >= 4 is 12.1 Å². The molecule has 0 bridgehead atoms. The second-order valence-corrected chi connectivity index (χ2v) is 7.24. The number of carbonyl (C=O) groups is 2. The van der Waals surface area contributed by atoms with E-state index in [9.17, 15) is 14.7 Å². The molecular weight excluding hydrogens is 286 g/mol. The molecule has 2 aliphatic rings. The SMILES string of the molecule is CC(C)(C)O[C@@H]1C[C@@H](C(=O)O)N(C(=O)OC2CCCCC2)C1. The number of amides is 1. The van der Waals surface area contributed by atoms with Gasteiger partial charge in [-0.25, -0.2) is 9.59 Å². The highest BCUT2D eigenvalue weighted by Crippen LogP contribution is 2.27. The quantitative estimate of drug-likeness (QED) is 0.867. The van der Waals surface area contributed by atoms with Crippen LogP contribution >= 0.6 is 0 Å². The second-order valence-electron chi connectivity index (χ2n) is 7.24.